The molecule has 0 fully saturated rings. The highest BCUT2D eigenvalue weighted by atomic mass is 127. The van der Waals surface area contributed by atoms with Gasteiger partial charge in [0, 0.05) is 10.1 Å². The first-order valence-corrected chi connectivity index (χ1v) is 6.81. The molecule has 0 bridgehead atoms. The van der Waals surface area contributed by atoms with Gasteiger partial charge < -0.3 is 10.5 Å². The molecule has 0 saturated heterocycles. The molecule has 0 heterocycles. The molecule has 0 amide bonds. The highest BCUT2D eigenvalue weighted by molar-refractivity contribution is 14.1. The molecule has 0 saturated carbocycles. The van der Waals surface area contributed by atoms with Crippen molar-refractivity contribution >= 4 is 22.6 Å². The summed E-state index contributed by atoms with van der Waals surface area (Å²) < 4.78 is 45.3. The summed E-state index contributed by atoms with van der Waals surface area (Å²) in [4.78, 5) is 0. The van der Waals surface area contributed by atoms with Gasteiger partial charge in [-0.2, -0.15) is 13.2 Å². The van der Waals surface area contributed by atoms with Crippen LogP contribution in [0.3, 0.4) is 0 Å². The van der Waals surface area contributed by atoms with Crippen molar-refractivity contribution in [2.24, 2.45) is 5.73 Å². The Morgan fingerprint density at radius 3 is 2.25 bits per heavy atom. The zero-order chi connectivity index (χ0) is 14.8. The zero-order valence-corrected chi connectivity index (χ0v) is 12.4. The van der Waals surface area contributed by atoms with Crippen LogP contribution in [0.25, 0.3) is 0 Å². The van der Waals surface area contributed by atoms with E-state index in [9.17, 15) is 13.2 Å². The standard InChI is InChI=1S/C14H11F3INO/c15-14(16,17)12-7-9(8-19)1-6-13(12)20-11-4-2-10(18)3-5-11/h1-7H,8,19H2. The fraction of sp³-hybridized carbons (Fsp3) is 0.143. The Morgan fingerprint density at radius 1 is 1.05 bits per heavy atom. The number of ether oxygens (including phenoxy) is 1. The lowest BCUT2D eigenvalue weighted by Gasteiger charge is -2.15. The van der Waals surface area contributed by atoms with Gasteiger partial charge in [0.15, 0.2) is 0 Å². The van der Waals surface area contributed by atoms with E-state index in [0.29, 0.717) is 11.3 Å². The Bertz CT molecular complexity index is 596. The van der Waals surface area contributed by atoms with Gasteiger partial charge in [-0.1, -0.05) is 6.07 Å². The van der Waals surface area contributed by atoms with Crippen molar-refractivity contribution in [2.45, 2.75) is 12.7 Å². The number of rotatable bonds is 3. The van der Waals surface area contributed by atoms with Crippen LogP contribution >= 0.6 is 22.6 Å². The van der Waals surface area contributed by atoms with Gasteiger partial charge in [0.25, 0.3) is 0 Å². The van der Waals surface area contributed by atoms with Crippen LogP contribution in [0.1, 0.15) is 11.1 Å². The van der Waals surface area contributed by atoms with Crippen molar-refractivity contribution in [3.05, 3.63) is 57.2 Å². The Morgan fingerprint density at radius 2 is 1.70 bits per heavy atom. The Hall–Kier alpha value is -1.28. The first-order valence-electron chi connectivity index (χ1n) is 5.74. The molecule has 2 aromatic carbocycles. The van der Waals surface area contributed by atoms with E-state index in [1.165, 1.54) is 12.1 Å². The van der Waals surface area contributed by atoms with E-state index in [0.717, 1.165) is 9.64 Å². The minimum Gasteiger partial charge on any atom is -0.457 e. The fourth-order valence-corrected chi connectivity index (χ4v) is 2.00. The second-order valence-corrected chi connectivity index (χ2v) is 5.33. The molecular formula is C14H11F3INO. The van der Waals surface area contributed by atoms with Crippen LogP contribution in [0.2, 0.25) is 0 Å². The van der Waals surface area contributed by atoms with Crippen LogP contribution < -0.4 is 10.5 Å². The Kier molecular flexibility index (Phi) is 4.54. The van der Waals surface area contributed by atoms with Crippen LogP contribution in [0.15, 0.2) is 42.5 Å². The molecule has 0 aliphatic rings. The highest BCUT2D eigenvalue weighted by Crippen LogP contribution is 2.38. The summed E-state index contributed by atoms with van der Waals surface area (Å²) in [6.45, 7) is 0.0485. The second-order valence-electron chi connectivity index (χ2n) is 4.09. The Balaban J connectivity index is 2.38. The van der Waals surface area contributed by atoms with Gasteiger partial charge >= 0.3 is 6.18 Å². The minimum atomic E-state index is -4.48. The van der Waals surface area contributed by atoms with Crippen molar-refractivity contribution in [1.82, 2.24) is 0 Å². The molecule has 106 valence electrons. The van der Waals surface area contributed by atoms with E-state index in [1.54, 1.807) is 24.3 Å². The molecule has 2 nitrogen and oxygen atoms in total. The SMILES string of the molecule is NCc1ccc(Oc2ccc(I)cc2)c(C(F)(F)F)c1. The van der Waals surface area contributed by atoms with Crippen molar-refractivity contribution < 1.29 is 17.9 Å². The summed E-state index contributed by atoms with van der Waals surface area (Å²) in [5.41, 5.74) is 4.96. The van der Waals surface area contributed by atoms with E-state index in [1.807, 2.05) is 0 Å². The zero-order valence-electron chi connectivity index (χ0n) is 10.2. The van der Waals surface area contributed by atoms with E-state index in [2.05, 4.69) is 22.6 Å². The van der Waals surface area contributed by atoms with Crippen LogP contribution in [0, 0.1) is 3.57 Å². The average Bonchev–Trinajstić information content (AvgIpc) is 2.40. The molecule has 0 spiro atoms. The van der Waals surface area contributed by atoms with Gasteiger partial charge in [0.2, 0.25) is 0 Å². The van der Waals surface area contributed by atoms with Gasteiger partial charge in [-0.25, -0.2) is 0 Å². The topological polar surface area (TPSA) is 35.2 Å². The largest absolute Gasteiger partial charge is 0.457 e. The monoisotopic (exact) mass is 393 g/mol. The maximum Gasteiger partial charge on any atom is 0.419 e. The number of halogens is 4. The first-order chi connectivity index (χ1) is 9.40. The summed E-state index contributed by atoms with van der Waals surface area (Å²) in [6.07, 6.45) is -4.48. The lowest BCUT2D eigenvalue weighted by molar-refractivity contribution is -0.138. The molecule has 6 heteroatoms. The third-order valence-electron chi connectivity index (χ3n) is 2.63. The van der Waals surface area contributed by atoms with E-state index >= 15 is 0 Å². The molecule has 0 aliphatic carbocycles. The van der Waals surface area contributed by atoms with Gasteiger partial charge in [0.1, 0.15) is 11.5 Å². The molecule has 0 aliphatic heterocycles. The molecule has 0 radical (unpaired) electrons. The smallest absolute Gasteiger partial charge is 0.419 e. The van der Waals surface area contributed by atoms with Crippen molar-refractivity contribution in [3.63, 3.8) is 0 Å². The number of hydrogen-bond acceptors (Lipinski definition) is 2. The Labute approximate surface area is 127 Å². The molecule has 0 atom stereocenters. The second kappa shape index (κ2) is 6.01. The molecule has 0 unspecified atom stereocenters. The minimum absolute atomic E-state index is 0.0485. The van der Waals surface area contributed by atoms with Gasteiger partial charge in [-0.3, -0.25) is 0 Å². The van der Waals surface area contributed by atoms with Crippen molar-refractivity contribution in [3.8, 4) is 11.5 Å². The van der Waals surface area contributed by atoms with Crippen LogP contribution in [0.5, 0.6) is 11.5 Å². The fourth-order valence-electron chi connectivity index (χ4n) is 1.64. The molecule has 2 rings (SSSR count). The lowest BCUT2D eigenvalue weighted by Crippen LogP contribution is -2.09. The van der Waals surface area contributed by atoms with Gasteiger partial charge in [-0.05, 0) is 64.6 Å². The third-order valence-corrected chi connectivity index (χ3v) is 3.35. The molecule has 2 N–H and O–H groups in total. The van der Waals surface area contributed by atoms with Crippen LogP contribution in [-0.2, 0) is 12.7 Å². The number of hydrogen-bond donors (Lipinski definition) is 1. The number of nitrogens with two attached hydrogens (primary N) is 1. The van der Waals surface area contributed by atoms with E-state index in [4.69, 9.17) is 10.5 Å². The van der Waals surface area contributed by atoms with E-state index < -0.39 is 11.7 Å². The lowest BCUT2D eigenvalue weighted by atomic mass is 10.1. The number of benzene rings is 2. The summed E-state index contributed by atoms with van der Waals surface area (Å²) in [5, 5.41) is 0. The van der Waals surface area contributed by atoms with Crippen LogP contribution in [0.4, 0.5) is 13.2 Å². The summed E-state index contributed by atoms with van der Waals surface area (Å²) in [7, 11) is 0. The third kappa shape index (κ3) is 3.63. The van der Waals surface area contributed by atoms with Crippen molar-refractivity contribution in [2.75, 3.05) is 0 Å². The predicted octanol–water partition coefficient (Wildman–Crippen LogP) is 4.56. The van der Waals surface area contributed by atoms with E-state index in [-0.39, 0.29) is 12.3 Å². The summed E-state index contributed by atoms with van der Waals surface area (Å²) >= 11 is 2.11. The molecule has 2 aromatic rings. The predicted molar refractivity (Wildman–Crippen MR) is 78.6 cm³/mol. The summed E-state index contributed by atoms with van der Waals surface area (Å²) in [5.74, 6) is 0.132. The summed E-state index contributed by atoms with van der Waals surface area (Å²) in [6, 6.07) is 10.6. The number of alkyl halides is 3. The average molecular weight is 393 g/mol. The normalized spacial score (nSPS) is 11.4. The maximum atomic E-state index is 13.0. The maximum absolute atomic E-state index is 13.0. The molecule has 0 aromatic heterocycles. The first kappa shape index (κ1) is 15.1. The van der Waals surface area contributed by atoms with Gasteiger partial charge in [-0.15, -0.1) is 0 Å². The highest BCUT2D eigenvalue weighted by Gasteiger charge is 2.34. The molecular weight excluding hydrogens is 382 g/mol. The van der Waals surface area contributed by atoms with Gasteiger partial charge in [0.05, 0.1) is 5.56 Å². The van der Waals surface area contributed by atoms with Crippen molar-refractivity contribution in [1.29, 1.82) is 0 Å². The quantitative estimate of drug-likeness (QED) is 0.777. The van der Waals surface area contributed by atoms with Crippen LogP contribution in [-0.4, -0.2) is 0 Å². The molecule has 20 heavy (non-hydrogen) atoms.